The highest BCUT2D eigenvalue weighted by Gasteiger charge is 2.21. The van der Waals surface area contributed by atoms with Crippen molar-refractivity contribution < 1.29 is 0 Å². The Morgan fingerprint density at radius 3 is 1.22 bits per heavy atom. The second-order valence-corrected chi connectivity index (χ2v) is 15.3. The molecule has 0 aliphatic rings. The second-order valence-electron chi connectivity index (χ2n) is 15.3. The molecule has 11 aromatic rings. The van der Waals surface area contributed by atoms with Crippen molar-refractivity contribution in [2.45, 2.75) is 13.8 Å². The first kappa shape index (κ1) is 39.8. The number of anilines is 6. The number of hydrogen-bond acceptors (Lipinski definition) is 4. The van der Waals surface area contributed by atoms with Crippen LogP contribution in [0.4, 0.5) is 34.1 Å². The molecule has 0 unspecified atom stereocenters. The molecule has 0 N–H and O–H groups in total. The fourth-order valence-corrected chi connectivity index (χ4v) is 8.75. The lowest BCUT2D eigenvalue weighted by Crippen LogP contribution is -2.11. The second kappa shape index (κ2) is 17.1. The standard InChI is InChI=1S/C52H31N5.2C3H6/c53-32-36-12-7-9-20-48(36)55(40-14-3-1-4-15-40)42-24-22-34-28-46-44-18-11-19-45-47-29-35-23-25-43(27-39(35)31-51(47)57(52(44)45)50(46)30-38(34)26-42)56(41-16-5-2-6-17-41)49-21-10-8-13-37(49)33-54;2*1-3-2/h1-31H;2*3H,1H2,2H3. The first-order valence-electron chi connectivity index (χ1n) is 20.9. The Labute approximate surface area is 367 Å². The first-order valence-corrected chi connectivity index (χ1v) is 20.9. The molecule has 0 radical (unpaired) electrons. The zero-order valence-electron chi connectivity index (χ0n) is 35.2. The number of nitriles is 2. The number of para-hydroxylation sites is 5. The van der Waals surface area contributed by atoms with Gasteiger partial charge in [0.25, 0.3) is 0 Å². The molecule has 2 heterocycles. The van der Waals surface area contributed by atoms with Crippen molar-refractivity contribution in [2.24, 2.45) is 0 Å². The molecule has 0 aliphatic heterocycles. The van der Waals surface area contributed by atoms with Crippen LogP contribution in [0.25, 0.3) is 59.6 Å². The highest BCUT2D eigenvalue weighted by atomic mass is 15.1. The maximum Gasteiger partial charge on any atom is 0.101 e. The minimum Gasteiger partial charge on any atom is -0.309 e. The SMILES string of the molecule is C=CC.C=CC.N#Cc1ccccc1N(c1ccccc1)c1ccc2cc3c4cccc5c6cc7ccc(N(c8ccccc8)c8ccccc8C#N)cc7cc6n(c3cc2c1)c45. The minimum absolute atomic E-state index is 0.614. The number of nitrogens with zero attached hydrogens (tertiary/aromatic N) is 5. The number of aromatic nitrogens is 1. The van der Waals surface area contributed by atoms with E-state index in [4.69, 9.17) is 0 Å². The normalized spacial score (nSPS) is 10.8. The topological polar surface area (TPSA) is 58.5 Å². The summed E-state index contributed by atoms with van der Waals surface area (Å²) in [5, 5.41) is 29.6. The molecule has 0 aliphatic carbocycles. The van der Waals surface area contributed by atoms with Crippen LogP contribution in [0.15, 0.2) is 213 Å². The lowest BCUT2D eigenvalue weighted by Gasteiger charge is -2.26. The number of allylic oxidation sites excluding steroid dienone is 2. The third-order valence-electron chi connectivity index (χ3n) is 11.3. The maximum atomic E-state index is 10.1. The number of benzene rings is 9. The van der Waals surface area contributed by atoms with E-state index in [9.17, 15) is 10.5 Å². The molecule has 0 atom stereocenters. The predicted molar refractivity (Wildman–Crippen MR) is 267 cm³/mol. The molecule has 0 saturated heterocycles. The Morgan fingerprint density at radius 2 is 0.810 bits per heavy atom. The van der Waals surface area contributed by atoms with E-state index in [2.05, 4.69) is 143 Å². The summed E-state index contributed by atoms with van der Waals surface area (Å²) in [4.78, 5) is 4.33. The molecule has 0 fully saturated rings. The van der Waals surface area contributed by atoms with Crippen LogP contribution < -0.4 is 9.80 Å². The highest BCUT2D eigenvalue weighted by molar-refractivity contribution is 6.26. The van der Waals surface area contributed by atoms with E-state index in [0.29, 0.717) is 11.1 Å². The van der Waals surface area contributed by atoms with Crippen molar-refractivity contribution in [2.75, 3.05) is 9.80 Å². The van der Waals surface area contributed by atoms with E-state index in [1.165, 1.54) is 27.1 Å². The van der Waals surface area contributed by atoms with Gasteiger partial charge in [-0.2, -0.15) is 10.5 Å². The van der Waals surface area contributed by atoms with Gasteiger partial charge in [-0.25, -0.2) is 0 Å². The molecule has 0 spiro atoms. The molecule has 5 heteroatoms. The third-order valence-corrected chi connectivity index (χ3v) is 11.3. The maximum absolute atomic E-state index is 10.1. The fourth-order valence-electron chi connectivity index (χ4n) is 8.75. The summed E-state index contributed by atoms with van der Waals surface area (Å²) in [6, 6.07) is 69.9. The Bertz CT molecular complexity index is 3320. The Balaban J connectivity index is 0.000000798. The van der Waals surface area contributed by atoms with E-state index < -0.39 is 0 Å². The van der Waals surface area contributed by atoms with Crippen LogP contribution in [0, 0.1) is 22.7 Å². The van der Waals surface area contributed by atoms with Crippen molar-refractivity contribution in [1.82, 2.24) is 4.40 Å². The van der Waals surface area contributed by atoms with Crippen LogP contribution in [-0.2, 0) is 0 Å². The molecule has 0 bridgehead atoms. The molecular formula is C58H43N5. The van der Waals surface area contributed by atoms with Gasteiger partial charge in [0.1, 0.15) is 12.1 Å². The van der Waals surface area contributed by atoms with Crippen molar-refractivity contribution >= 4 is 93.8 Å². The highest BCUT2D eigenvalue weighted by Crippen LogP contribution is 2.44. The van der Waals surface area contributed by atoms with Crippen LogP contribution in [0.5, 0.6) is 0 Å². The average molecular weight is 810 g/mol. The van der Waals surface area contributed by atoms with E-state index in [1.807, 2.05) is 98.8 Å². The van der Waals surface area contributed by atoms with Crippen molar-refractivity contribution in [3.8, 4) is 12.1 Å². The molecule has 0 amide bonds. The summed E-state index contributed by atoms with van der Waals surface area (Å²) in [5.41, 5.74) is 10.4. The van der Waals surface area contributed by atoms with Crippen LogP contribution in [-0.4, -0.2) is 4.40 Å². The van der Waals surface area contributed by atoms with Crippen LogP contribution in [0.3, 0.4) is 0 Å². The average Bonchev–Trinajstić information content (AvgIpc) is 3.83. The monoisotopic (exact) mass is 809 g/mol. The van der Waals surface area contributed by atoms with Gasteiger partial charge < -0.3 is 14.2 Å². The van der Waals surface area contributed by atoms with Gasteiger partial charge in [-0.1, -0.05) is 103 Å². The molecule has 63 heavy (non-hydrogen) atoms. The lowest BCUT2D eigenvalue weighted by atomic mass is 10.0. The largest absolute Gasteiger partial charge is 0.309 e. The van der Waals surface area contributed by atoms with E-state index in [0.717, 1.165) is 66.7 Å². The number of hydrogen-bond donors (Lipinski definition) is 0. The van der Waals surface area contributed by atoms with Gasteiger partial charge in [0.05, 0.1) is 39.1 Å². The summed E-state index contributed by atoms with van der Waals surface area (Å²) in [6.07, 6.45) is 3.50. The van der Waals surface area contributed by atoms with Crippen molar-refractivity contribution in [3.05, 3.63) is 224 Å². The lowest BCUT2D eigenvalue weighted by molar-refractivity contribution is 1.27. The Kier molecular flexibility index (Phi) is 10.8. The van der Waals surface area contributed by atoms with Crippen LogP contribution >= 0.6 is 0 Å². The molecule has 2 aromatic heterocycles. The Morgan fingerprint density at radius 1 is 0.413 bits per heavy atom. The Hall–Kier alpha value is -8.64. The quantitative estimate of drug-likeness (QED) is 0.157. The molecule has 9 aromatic carbocycles. The molecular weight excluding hydrogens is 767 g/mol. The summed E-state index contributed by atoms with van der Waals surface area (Å²) in [7, 11) is 0. The number of rotatable bonds is 6. The summed E-state index contributed by atoms with van der Waals surface area (Å²) >= 11 is 0. The summed E-state index contributed by atoms with van der Waals surface area (Å²) < 4.78 is 2.44. The predicted octanol–water partition coefficient (Wildman–Crippen LogP) is 16.2. The van der Waals surface area contributed by atoms with E-state index in [1.54, 1.807) is 12.2 Å². The van der Waals surface area contributed by atoms with Gasteiger partial charge in [0, 0.05) is 44.3 Å². The van der Waals surface area contributed by atoms with Gasteiger partial charge in [-0.05, 0) is 132 Å². The van der Waals surface area contributed by atoms with E-state index >= 15 is 0 Å². The van der Waals surface area contributed by atoms with E-state index in [-0.39, 0.29) is 0 Å². The van der Waals surface area contributed by atoms with Crippen LogP contribution in [0.1, 0.15) is 25.0 Å². The minimum atomic E-state index is 0.614. The van der Waals surface area contributed by atoms with Crippen molar-refractivity contribution in [1.29, 1.82) is 10.5 Å². The van der Waals surface area contributed by atoms with Gasteiger partial charge in [-0.15, -0.1) is 13.2 Å². The molecule has 0 saturated carbocycles. The van der Waals surface area contributed by atoms with Gasteiger partial charge in [0.15, 0.2) is 0 Å². The third kappa shape index (κ3) is 7.04. The summed E-state index contributed by atoms with van der Waals surface area (Å²) in [6.45, 7) is 10.5. The zero-order chi connectivity index (χ0) is 43.5. The van der Waals surface area contributed by atoms with Gasteiger partial charge >= 0.3 is 0 Å². The molecule has 5 nitrogen and oxygen atoms in total. The van der Waals surface area contributed by atoms with Crippen molar-refractivity contribution in [3.63, 3.8) is 0 Å². The fraction of sp³-hybridized carbons (Fsp3) is 0.0345. The summed E-state index contributed by atoms with van der Waals surface area (Å²) in [5.74, 6) is 0. The van der Waals surface area contributed by atoms with Gasteiger partial charge in [0.2, 0.25) is 0 Å². The molecule has 11 rings (SSSR count). The smallest absolute Gasteiger partial charge is 0.101 e. The first-order chi connectivity index (χ1) is 31.0. The zero-order valence-corrected chi connectivity index (χ0v) is 35.2. The molecule has 300 valence electrons. The van der Waals surface area contributed by atoms with Crippen LogP contribution in [0.2, 0.25) is 0 Å². The number of fused-ring (bicyclic) bond motifs is 8. The van der Waals surface area contributed by atoms with Gasteiger partial charge in [-0.3, -0.25) is 0 Å².